The SMILES string of the molecule is Cc1cc(O)c(-c2ccc(C(C)CN(C)C)cc2)c2c1[nH]c(=O)c1ccncc12. The minimum absolute atomic E-state index is 0.150. The van der Waals surface area contributed by atoms with Gasteiger partial charge in [-0.1, -0.05) is 31.2 Å². The van der Waals surface area contributed by atoms with Gasteiger partial charge in [0.25, 0.3) is 5.56 Å². The Labute approximate surface area is 169 Å². The number of aryl methyl sites for hydroxylation is 1. The number of phenols is 1. The smallest absolute Gasteiger partial charge is 0.256 e. The van der Waals surface area contributed by atoms with Crippen LogP contribution in [0.1, 0.15) is 24.0 Å². The maximum absolute atomic E-state index is 12.5. The molecule has 2 heterocycles. The highest BCUT2D eigenvalue weighted by molar-refractivity contribution is 6.14. The highest BCUT2D eigenvalue weighted by Gasteiger charge is 2.17. The second-order valence-corrected chi connectivity index (χ2v) is 8.00. The first kappa shape index (κ1) is 19.2. The van der Waals surface area contributed by atoms with E-state index in [1.54, 1.807) is 24.5 Å². The van der Waals surface area contributed by atoms with Crippen molar-refractivity contribution < 1.29 is 5.11 Å². The number of hydrogen-bond acceptors (Lipinski definition) is 4. The van der Waals surface area contributed by atoms with E-state index in [1.807, 2.05) is 19.1 Å². The van der Waals surface area contributed by atoms with Gasteiger partial charge in [0.1, 0.15) is 5.75 Å². The standard InChI is InChI=1S/C24H25N3O2/c1-14-11-20(28)21(17-7-5-16(6-8-17)15(2)13-27(3)4)22-19-12-25-10-9-18(19)24(29)26-23(14)22/h5-12,15,28H,13H2,1-4H3,(H,26,29). The topological polar surface area (TPSA) is 69.2 Å². The fourth-order valence-electron chi connectivity index (χ4n) is 4.13. The number of nitrogens with one attached hydrogen (secondary N) is 1. The van der Waals surface area contributed by atoms with Crippen LogP contribution in [-0.2, 0) is 0 Å². The number of aromatic hydroxyl groups is 1. The van der Waals surface area contributed by atoms with Crippen molar-refractivity contribution in [2.24, 2.45) is 0 Å². The van der Waals surface area contributed by atoms with E-state index in [0.29, 0.717) is 16.9 Å². The summed E-state index contributed by atoms with van der Waals surface area (Å²) >= 11 is 0. The molecule has 0 spiro atoms. The van der Waals surface area contributed by atoms with Gasteiger partial charge < -0.3 is 15.0 Å². The van der Waals surface area contributed by atoms with Crippen LogP contribution in [0.15, 0.2) is 53.6 Å². The van der Waals surface area contributed by atoms with Crippen molar-refractivity contribution in [2.75, 3.05) is 20.6 Å². The summed E-state index contributed by atoms with van der Waals surface area (Å²) in [5, 5.41) is 13.0. The molecule has 0 bridgehead atoms. The second kappa shape index (κ2) is 7.33. The first-order valence-electron chi connectivity index (χ1n) is 9.74. The first-order chi connectivity index (χ1) is 13.9. The van der Waals surface area contributed by atoms with Gasteiger partial charge in [0.15, 0.2) is 0 Å². The number of aromatic nitrogens is 2. The van der Waals surface area contributed by atoms with E-state index < -0.39 is 0 Å². The largest absolute Gasteiger partial charge is 0.507 e. The molecule has 0 saturated heterocycles. The maximum atomic E-state index is 12.5. The van der Waals surface area contributed by atoms with Gasteiger partial charge in [-0.3, -0.25) is 9.78 Å². The Hall–Kier alpha value is -3.18. The Morgan fingerprint density at radius 3 is 2.55 bits per heavy atom. The molecule has 5 heteroatoms. The molecule has 0 aliphatic carbocycles. The molecule has 4 rings (SSSR count). The van der Waals surface area contributed by atoms with Crippen LogP contribution in [-0.4, -0.2) is 40.6 Å². The molecule has 2 aromatic carbocycles. The van der Waals surface area contributed by atoms with Crippen LogP contribution in [0.4, 0.5) is 0 Å². The van der Waals surface area contributed by atoms with Crippen LogP contribution in [0.25, 0.3) is 32.8 Å². The van der Waals surface area contributed by atoms with Crippen LogP contribution in [0.2, 0.25) is 0 Å². The van der Waals surface area contributed by atoms with Crippen molar-refractivity contribution in [3.8, 4) is 16.9 Å². The van der Waals surface area contributed by atoms with Gasteiger partial charge >= 0.3 is 0 Å². The number of aromatic amines is 1. The van der Waals surface area contributed by atoms with Gasteiger partial charge in [-0.15, -0.1) is 0 Å². The van der Waals surface area contributed by atoms with E-state index >= 15 is 0 Å². The zero-order valence-corrected chi connectivity index (χ0v) is 17.2. The van der Waals surface area contributed by atoms with E-state index in [2.05, 4.69) is 48.0 Å². The molecular formula is C24H25N3O2. The summed E-state index contributed by atoms with van der Waals surface area (Å²) < 4.78 is 0. The number of rotatable bonds is 4. The zero-order valence-electron chi connectivity index (χ0n) is 17.2. The minimum Gasteiger partial charge on any atom is -0.507 e. The quantitative estimate of drug-likeness (QED) is 0.509. The number of nitrogens with zero attached hydrogens (tertiary/aromatic N) is 2. The third-order valence-corrected chi connectivity index (χ3v) is 5.48. The van der Waals surface area contributed by atoms with E-state index in [9.17, 15) is 9.90 Å². The molecule has 5 nitrogen and oxygen atoms in total. The minimum atomic E-state index is -0.150. The fraction of sp³-hybridized carbons (Fsp3) is 0.250. The van der Waals surface area contributed by atoms with Gasteiger partial charge in [-0.2, -0.15) is 0 Å². The summed E-state index contributed by atoms with van der Waals surface area (Å²) in [4.78, 5) is 21.9. The lowest BCUT2D eigenvalue weighted by molar-refractivity contribution is 0.383. The van der Waals surface area contributed by atoms with Crippen LogP contribution in [0, 0.1) is 6.92 Å². The lowest BCUT2D eigenvalue weighted by Gasteiger charge is -2.18. The molecule has 1 atom stereocenters. The Morgan fingerprint density at radius 2 is 1.86 bits per heavy atom. The maximum Gasteiger partial charge on any atom is 0.256 e. The Bertz CT molecular complexity index is 1260. The second-order valence-electron chi connectivity index (χ2n) is 8.00. The summed E-state index contributed by atoms with van der Waals surface area (Å²) in [5.74, 6) is 0.602. The number of hydrogen-bond donors (Lipinski definition) is 2. The molecule has 2 N–H and O–H groups in total. The lowest BCUT2D eigenvalue weighted by atomic mass is 9.92. The fourth-order valence-corrected chi connectivity index (χ4v) is 4.13. The number of phenolic OH excluding ortho intramolecular Hbond substituents is 1. The van der Waals surface area contributed by atoms with Gasteiger partial charge in [0, 0.05) is 35.3 Å². The third kappa shape index (κ3) is 3.38. The average molecular weight is 387 g/mol. The van der Waals surface area contributed by atoms with Gasteiger partial charge in [-0.05, 0) is 55.8 Å². The van der Waals surface area contributed by atoms with Crippen molar-refractivity contribution in [1.82, 2.24) is 14.9 Å². The van der Waals surface area contributed by atoms with Crippen LogP contribution in [0.5, 0.6) is 5.75 Å². The molecule has 148 valence electrons. The number of H-pyrrole nitrogens is 1. The van der Waals surface area contributed by atoms with Gasteiger partial charge in [0.05, 0.1) is 10.9 Å². The molecular weight excluding hydrogens is 362 g/mol. The van der Waals surface area contributed by atoms with E-state index in [0.717, 1.165) is 34.0 Å². The van der Waals surface area contributed by atoms with Crippen LogP contribution >= 0.6 is 0 Å². The Kier molecular flexibility index (Phi) is 4.84. The molecule has 0 radical (unpaired) electrons. The van der Waals surface area contributed by atoms with Crippen molar-refractivity contribution >= 4 is 21.7 Å². The average Bonchev–Trinajstić information content (AvgIpc) is 2.69. The van der Waals surface area contributed by atoms with Crippen molar-refractivity contribution in [3.05, 3.63) is 70.3 Å². The normalized spacial score (nSPS) is 12.7. The molecule has 0 amide bonds. The number of pyridine rings is 2. The number of fused-ring (bicyclic) bond motifs is 3. The summed E-state index contributed by atoms with van der Waals surface area (Å²) in [6.07, 6.45) is 3.31. The molecule has 2 aromatic heterocycles. The van der Waals surface area contributed by atoms with Gasteiger partial charge in [-0.25, -0.2) is 0 Å². The number of benzene rings is 2. The van der Waals surface area contributed by atoms with E-state index in [1.165, 1.54) is 5.56 Å². The lowest BCUT2D eigenvalue weighted by Crippen LogP contribution is -2.18. The molecule has 0 aliphatic rings. The predicted molar refractivity (Wildman–Crippen MR) is 119 cm³/mol. The third-order valence-electron chi connectivity index (χ3n) is 5.48. The molecule has 1 unspecified atom stereocenters. The summed E-state index contributed by atoms with van der Waals surface area (Å²) in [6, 6.07) is 11.7. The summed E-state index contributed by atoms with van der Waals surface area (Å²) in [5.41, 5.74) is 4.27. The Balaban J connectivity index is 1.97. The molecule has 0 aliphatic heterocycles. The van der Waals surface area contributed by atoms with E-state index in [4.69, 9.17) is 0 Å². The van der Waals surface area contributed by atoms with Gasteiger partial charge in [0.2, 0.25) is 0 Å². The highest BCUT2D eigenvalue weighted by Crippen LogP contribution is 2.40. The van der Waals surface area contributed by atoms with Crippen molar-refractivity contribution in [3.63, 3.8) is 0 Å². The monoisotopic (exact) mass is 387 g/mol. The van der Waals surface area contributed by atoms with Crippen molar-refractivity contribution in [2.45, 2.75) is 19.8 Å². The Morgan fingerprint density at radius 1 is 1.14 bits per heavy atom. The van der Waals surface area contributed by atoms with Crippen molar-refractivity contribution in [1.29, 1.82) is 0 Å². The van der Waals surface area contributed by atoms with E-state index in [-0.39, 0.29) is 11.3 Å². The number of likely N-dealkylation sites (N-methyl/N-ethyl adjacent to an activating group) is 1. The predicted octanol–water partition coefficient (Wildman–Crippen LogP) is 4.42. The summed E-state index contributed by atoms with van der Waals surface area (Å²) in [6.45, 7) is 5.06. The molecule has 0 saturated carbocycles. The molecule has 4 aromatic rings. The zero-order chi connectivity index (χ0) is 20.7. The molecule has 0 fully saturated rings. The summed E-state index contributed by atoms with van der Waals surface area (Å²) in [7, 11) is 4.14. The van der Waals surface area contributed by atoms with Crippen LogP contribution in [0.3, 0.4) is 0 Å². The van der Waals surface area contributed by atoms with Crippen LogP contribution < -0.4 is 5.56 Å². The first-order valence-corrected chi connectivity index (χ1v) is 9.74. The highest BCUT2D eigenvalue weighted by atomic mass is 16.3. The molecule has 29 heavy (non-hydrogen) atoms.